The Hall–Kier alpha value is -2.08. The summed E-state index contributed by atoms with van der Waals surface area (Å²) in [7, 11) is 0. The third kappa shape index (κ3) is 11.5. The lowest BCUT2D eigenvalue weighted by atomic mass is 10.1. The highest BCUT2D eigenvalue weighted by Gasteiger charge is 2.29. The van der Waals surface area contributed by atoms with Crippen LogP contribution in [0.1, 0.15) is 65.9 Å². The van der Waals surface area contributed by atoms with Gasteiger partial charge in [0.2, 0.25) is 0 Å². The number of amides is 1. The van der Waals surface area contributed by atoms with E-state index in [9.17, 15) is 9.59 Å². The molecule has 164 valence electrons. The van der Waals surface area contributed by atoms with E-state index in [4.69, 9.17) is 14.2 Å². The Kier molecular flexibility index (Phi) is 10.7. The van der Waals surface area contributed by atoms with Gasteiger partial charge in [-0.2, -0.15) is 0 Å². The number of esters is 1. The number of cyclic esters (lactones) is 1. The van der Waals surface area contributed by atoms with E-state index in [0.717, 1.165) is 12.8 Å². The molecule has 6 heteroatoms. The summed E-state index contributed by atoms with van der Waals surface area (Å²) in [6.45, 7) is 11.8. The molecule has 0 aromatic heterocycles. The molecule has 1 saturated heterocycles. The molecule has 0 radical (unpaired) electrons. The summed E-state index contributed by atoms with van der Waals surface area (Å²) >= 11 is 0. The Labute approximate surface area is 175 Å². The number of benzene rings is 1. The summed E-state index contributed by atoms with van der Waals surface area (Å²) in [5.74, 6) is -0.431. The second kappa shape index (κ2) is 12.5. The summed E-state index contributed by atoms with van der Waals surface area (Å²) < 4.78 is 16.4. The van der Waals surface area contributed by atoms with Gasteiger partial charge in [0.1, 0.15) is 17.7 Å². The maximum Gasteiger partial charge on any atom is 0.408 e. The van der Waals surface area contributed by atoms with E-state index in [1.807, 2.05) is 25.1 Å². The standard InChI is InChI=1S/C16H29NO5.C7H8/c1-6-7-12-10-11(2)21-14(18)13(8-9-20-12)17-15(19)22-16(3,4)5;1-7-5-3-2-4-6-7/h11-13H,6-10H2,1-5H3,(H,17,19);2-6H,1H3/t11?,12?,13-;/m0./s1. The van der Waals surface area contributed by atoms with Crippen molar-refractivity contribution in [2.24, 2.45) is 0 Å². The largest absolute Gasteiger partial charge is 0.461 e. The number of carbonyl (C=O) groups is 2. The topological polar surface area (TPSA) is 73.9 Å². The lowest BCUT2D eigenvalue weighted by Crippen LogP contribution is -2.45. The fourth-order valence-corrected chi connectivity index (χ4v) is 2.88. The van der Waals surface area contributed by atoms with Gasteiger partial charge in [0, 0.05) is 19.4 Å². The number of hydrogen-bond donors (Lipinski definition) is 1. The number of aryl methyl sites for hydroxylation is 1. The summed E-state index contributed by atoms with van der Waals surface area (Å²) in [6.07, 6.45) is 2.25. The number of ether oxygens (including phenoxy) is 3. The molecule has 1 aliphatic rings. The molecule has 1 N–H and O–H groups in total. The van der Waals surface area contributed by atoms with Crippen LogP contribution in [0.15, 0.2) is 30.3 Å². The zero-order valence-electron chi connectivity index (χ0n) is 18.7. The molecule has 1 aliphatic heterocycles. The van der Waals surface area contributed by atoms with Crippen molar-refractivity contribution in [1.29, 1.82) is 0 Å². The Balaban J connectivity index is 0.000000502. The molecule has 2 rings (SSSR count). The van der Waals surface area contributed by atoms with Crippen molar-refractivity contribution in [2.75, 3.05) is 6.61 Å². The number of alkyl carbamates (subject to hydrolysis) is 1. The molecule has 1 heterocycles. The average Bonchev–Trinajstić information content (AvgIpc) is 2.65. The van der Waals surface area contributed by atoms with Crippen molar-refractivity contribution in [3.8, 4) is 0 Å². The maximum absolute atomic E-state index is 12.1. The van der Waals surface area contributed by atoms with Crippen LogP contribution in [0.25, 0.3) is 0 Å². The lowest BCUT2D eigenvalue weighted by molar-refractivity contribution is -0.151. The van der Waals surface area contributed by atoms with Gasteiger partial charge in [0.05, 0.1) is 6.10 Å². The highest BCUT2D eigenvalue weighted by Crippen LogP contribution is 2.16. The second-order valence-corrected chi connectivity index (χ2v) is 8.41. The van der Waals surface area contributed by atoms with Crippen molar-refractivity contribution in [3.05, 3.63) is 35.9 Å². The molecule has 0 saturated carbocycles. The summed E-state index contributed by atoms with van der Waals surface area (Å²) in [5, 5.41) is 2.57. The van der Waals surface area contributed by atoms with Crippen LogP contribution in [0.2, 0.25) is 0 Å². The second-order valence-electron chi connectivity index (χ2n) is 8.41. The number of rotatable bonds is 3. The molecule has 0 bridgehead atoms. The molecule has 2 unspecified atom stereocenters. The van der Waals surface area contributed by atoms with Crippen molar-refractivity contribution >= 4 is 12.1 Å². The first-order valence-corrected chi connectivity index (χ1v) is 10.4. The molecule has 1 aromatic carbocycles. The van der Waals surface area contributed by atoms with Crippen LogP contribution < -0.4 is 5.32 Å². The lowest BCUT2D eigenvalue weighted by Gasteiger charge is -2.23. The summed E-state index contributed by atoms with van der Waals surface area (Å²) in [4.78, 5) is 24.0. The van der Waals surface area contributed by atoms with E-state index in [2.05, 4.69) is 31.3 Å². The van der Waals surface area contributed by atoms with Crippen LogP contribution in [-0.2, 0) is 19.0 Å². The molecule has 3 atom stereocenters. The Bertz CT molecular complexity index is 611. The normalized spacial score (nSPS) is 22.7. The van der Waals surface area contributed by atoms with Gasteiger partial charge in [-0.05, 0) is 41.0 Å². The van der Waals surface area contributed by atoms with E-state index < -0.39 is 23.7 Å². The molecular weight excluding hydrogens is 370 g/mol. The van der Waals surface area contributed by atoms with Crippen LogP contribution >= 0.6 is 0 Å². The van der Waals surface area contributed by atoms with Gasteiger partial charge in [-0.15, -0.1) is 0 Å². The van der Waals surface area contributed by atoms with E-state index in [1.165, 1.54) is 5.56 Å². The van der Waals surface area contributed by atoms with Gasteiger partial charge in [-0.3, -0.25) is 0 Å². The van der Waals surface area contributed by atoms with Crippen LogP contribution in [0, 0.1) is 6.92 Å². The quantitative estimate of drug-likeness (QED) is 0.730. The predicted octanol–water partition coefficient (Wildman–Crippen LogP) is 4.79. The van der Waals surface area contributed by atoms with E-state index in [-0.39, 0.29) is 12.2 Å². The van der Waals surface area contributed by atoms with Crippen LogP contribution in [0.5, 0.6) is 0 Å². The number of hydrogen-bond acceptors (Lipinski definition) is 5. The number of carbonyl (C=O) groups excluding carboxylic acids is 2. The molecule has 1 fully saturated rings. The van der Waals surface area contributed by atoms with Crippen molar-refractivity contribution in [1.82, 2.24) is 5.32 Å². The Morgan fingerprint density at radius 2 is 1.90 bits per heavy atom. The molecule has 1 aromatic rings. The fourth-order valence-electron chi connectivity index (χ4n) is 2.88. The summed E-state index contributed by atoms with van der Waals surface area (Å²) in [6, 6.07) is 9.52. The minimum atomic E-state index is -0.738. The monoisotopic (exact) mass is 407 g/mol. The van der Waals surface area contributed by atoms with Crippen molar-refractivity contribution < 1.29 is 23.8 Å². The van der Waals surface area contributed by atoms with Crippen molar-refractivity contribution in [2.45, 2.75) is 91.1 Å². The highest BCUT2D eigenvalue weighted by atomic mass is 16.6. The van der Waals surface area contributed by atoms with Gasteiger partial charge < -0.3 is 19.5 Å². The first-order valence-electron chi connectivity index (χ1n) is 10.4. The van der Waals surface area contributed by atoms with Gasteiger partial charge in [-0.1, -0.05) is 49.2 Å². The molecular formula is C23H37NO5. The molecule has 0 aliphatic carbocycles. The zero-order chi connectivity index (χ0) is 21.9. The molecule has 1 amide bonds. The third-order valence-corrected chi connectivity index (χ3v) is 4.20. The van der Waals surface area contributed by atoms with E-state index >= 15 is 0 Å². The Morgan fingerprint density at radius 1 is 1.24 bits per heavy atom. The minimum absolute atomic E-state index is 0.0908. The van der Waals surface area contributed by atoms with Crippen LogP contribution in [0.4, 0.5) is 4.79 Å². The first kappa shape index (κ1) is 25.0. The van der Waals surface area contributed by atoms with Crippen molar-refractivity contribution in [3.63, 3.8) is 0 Å². The molecule has 6 nitrogen and oxygen atoms in total. The highest BCUT2D eigenvalue weighted by molar-refractivity contribution is 5.81. The van der Waals surface area contributed by atoms with Gasteiger partial charge in [0.15, 0.2) is 0 Å². The average molecular weight is 408 g/mol. The van der Waals surface area contributed by atoms with Crippen LogP contribution in [-0.4, -0.2) is 42.5 Å². The van der Waals surface area contributed by atoms with E-state index in [1.54, 1.807) is 20.8 Å². The van der Waals surface area contributed by atoms with Gasteiger partial charge in [0.25, 0.3) is 0 Å². The van der Waals surface area contributed by atoms with E-state index in [0.29, 0.717) is 19.4 Å². The Morgan fingerprint density at radius 3 is 2.41 bits per heavy atom. The maximum atomic E-state index is 12.1. The van der Waals surface area contributed by atoms with Crippen LogP contribution in [0.3, 0.4) is 0 Å². The number of nitrogens with one attached hydrogen (secondary N) is 1. The minimum Gasteiger partial charge on any atom is -0.461 e. The SMILES string of the molecule is CCCC1CC(C)OC(=O)[C@@H](NC(=O)OC(C)(C)C)CCO1.Cc1ccccc1. The summed E-state index contributed by atoms with van der Waals surface area (Å²) in [5.41, 5.74) is 0.713. The predicted molar refractivity (Wildman–Crippen MR) is 114 cm³/mol. The third-order valence-electron chi connectivity index (χ3n) is 4.20. The fraction of sp³-hybridized carbons (Fsp3) is 0.652. The smallest absolute Gasteiger partial charge is 0.408 e. The first-order chi connectivity index (χ1) is 13.6. The molecule has 29 heavy (non-hydrogen) atoms. The van der Waals surface area contributed by atoms with Gasteiger partial charge in [-0.25, -0.2) is 9.59 Å². The molecule has 0 spiro atoms. The zero-order valence-corrected chi connectivity index (χ0v) is 18.7. The van der Waals surface area contributed by atoms with Gasteiger partial charge >= 0.3 is 12.1 Å².